The van der Waals surface area contributed by atoms with Gasteiger partial charge in [0.25, 0.3) is 0 Å². The molecule has 1 heterocycles. The second kappa shape index (κ2) is 4.96. The number of anilines is 1. The highest BCUT2D eigenvalue weighted by molar-refractivity contribution is 6.01. The van der Waals surface area contributed by atoms with Gasteiger partial charge >= 0.3 is 0 Å². The topological polar surface area (TPSA) is 66.0 Å². The average Bonchev–Trinajstić information content (AvgIpc) is 2.12. The van der Waals surface area contributed by atoms with E-state index in [1.807, 2.05) is 27.0 Å². The Bertz CT molecular complexity index is 458. The predicted octanol–water partition coefficient (Wildman–Crippen LogP) is 2.46. The van der Waals surface area contributed by atoms with Crippen LogP contribution in [-0.2, 0) is 0 Å². The molecule has 100 valence electrons. The van der Waals surface area contributed by atoms with Crippen molar-refractivity contribution in [2.24, 2.45) is 11.1 Å². The highest BCUT2D eigenvalue weighted by Crippen LogP contribution is 2.26. The van der Waals surface area contributed by atoms with E-state index in [1.165, 1.54) is 0 Å². The summed E-state index contributed by atoms with van der Waals surface area (Å²) < 4.78 is 0. The fraction of sp³-hybridized carbons (Fsp3) is 0.571. The number of nitrogen functional groups attached to an aromatic ring is 1. The van der Waals surface area contributed by atoms with Crippen LogP contribution in [0.1, 0.15) is 37.7 Å². The predicted molar refractivity (Wildman–Crippen MR) is 77.5 cm³/mol. The normalized spacial score (nSPS) is 11.4. The molecule has 0 aliphatic rings. The van der Waals surface area contributed by atoms with Crippen molar-refractivity contribution in [1.82, 2.24) is 4.98 Å². The summed E-state index contributed by atoms with van der Waals surface area (Å²) in [4.78, 5) is 6.54. The quantitative estimate of drug-likeness (QED) is 0.638. The van der Waals surface area contributed by atoms with Gasteiger partial charge in [-0.05, 0) is 25.3 Å². The van der Waals surface area contributed by atoms with E-state index < -0.39 is 0 Å². The second-order valence-electron chi connectivity index (χ2n) is 6.07. The third-order valence-corrected chi connectivity index (χ3v) is 2.70. The maximum atomic E-state index is 7.72. The van der Waals surface area contributed by atoms with Crippen molar-refractivity contribution in [3.63, 3.8) is 0 Å². The molecular weight excluding hydrogens is 224 g/mol. The molecule has 1 aromatic heterocycles. The molecule has 0 atom stereocenters. The van der Waals surface area contributed by atoms with E-state index in [4.69, 9.17) is 11.1 Å². The van der Waals surface area contributed by atoms with Crippen molar-refractivity contribution in [2.75, 3.05) is 18.5 Å². The van der Waals surface area contributed by atoms with Gasteiger partial charge < -0.3 is 10.6 Å². The number of hydrogen-bond acceptors (Lipinski definition) is 3. The highest BCUT2D eigenvalue weighted by atomic mass is 15.1. The number of nitrogens with two attached hydrogens (primary N) is 1. The van der Waals surface area contributed by atoms with E-state index in [-0.39, 0.29) is 11.3 Å². The molecule has 0 spiro atoms. The van der Waals surface area contributed by atoms with Gasteiger partial charge in [0.05, 0.1) is 16.9 Å². The van der Waals surface area contributed by atoms with Gasteiger partial charge in [0.15, 0.2) is 0 Å². The highest BCUT2D eigenvalue weighted by Gasteiger charge is 2.19. The molecule has 0 saturated heterocycles. The summed E-state index contributed by atoms with van der Waals surface area (Å²) in [7, 11) is 2.03. The number of aryl methyl sites for hydroxylation is 2. The molecule has 0 aromatic carbocycles. The van der Waals surface area contributed by atoms with Crippen molar-refractivity contribution in [1.29, 1.82) is 5.41 Å². The number of amidine groups is 1. The maximum absolute atomic E-state index is 7.72. The lowest BCUT2D eigenvalue weighted by Crippen LogP contribution is -2.31. The number of nitrogens with zero attached hydrogens (tertiary/aromatic N) is 2. The van der Waals surface area contributed by atoms with Crippen LogP contribution in [0.4, 0.5) is 5.69 Å². The standard InChI is InChI=1S/C14H24N4/c1-9-7-11(18(6)8-14(3,4)5)12(13(15)16)10(2)17-9/h7H,8H2,1-6H3,(H3,15,16). The van der Waals surface area contributed by atoms with Crippen molar-refractivity contribution in [2.45, 2.75) is 34.6 Å². The molecule has 0 amide bonds. The largest absolute Gasteiger partial charge is 0.384 e. The first-order chi connectivity index (χ1) is 8.11. The van der Waals surface area contributed by atoms with Crippen LogP contribution in [0.5, 0.6) is 0 Å². The molecule has 18 heavy (non-hydrogen) atoms. The second-order valence-corrected chi connectivity index (χ2v) is 6.07. The van der Waals surface area contributed by atoms with Gasteiger partial charge in [-0.2, -0.15) is 0 Å². The Balaban J connectivity index is 3.26. The molecule has 0 saturated carbocycles. The van der Waals surface area contributed by atoms with Crippen LogP contribution in [0.2, 0.25) is 0 Å². The van der Waals surface area contributed by atoms with Gasteiger partial charge in [0, 0.05) is 19.3 Å². The SMILES string of the molecule is Cc1cc(N(C)CC(C)(C)C)c(C(=N)N)c(C)n1. The van der Waals surface area contributed by atoms with Gasteiger partial charge in [-0.15, -0.1) is 0 Å². The zero-order valence-electron chi connectivity index (χ0n) is 12.3. The number of hydrogen-bond donors (Lipinski definition) is 2. The minimum Gasteiger partial charge on any atom is -0.384 e. The van der Waals surface area contributed by atoms with Crippen molar-refractivity contribution in [3.05, 3.63) is 23.0 Å². The first-order valence-electron chi connectivity index (χ1n) is 6.15. The zero-order chi connectivity index (χ0) is 14.1. The lowest BCUT2D eigenvalue weighted by atomic mass is 9.95. The molecule has 0 bridgehead atoms. The van der Waals surface area contributed by atoms with Crippen LogP contribution in [0.15, 0.2) is 6.07 Å². The van der Waals surface area contributed by atoms with E-state index >= 15 is 0 Å². The summed E-state index contributed by atoms with van der Waals surface area (Å²) in [6.45, 7) is 11.3. The first kappa shape index (κ1) is 14.5. The fourth-order valence-corrected chi connectivity index (χ4v) is 2.24. The molecule has 1 rings (SSSR count). The Hall–Kier alpha value is -1.58. The Morgan fingerprint density at radius 2 is 1.94 bits per heavy atom. The molecule has 0 aliphatic carbocycles. The third kappa shape index (κ3) is 3.45. The van der Waals surface area contributed by atoms with Crippen LogP contribution in [0.25, 0.3) is 0 Å². The van der Waals surface area contributed by atoms with Crippen molar-refractivity contribution in [3.8, 4) is 0 Å². The number of nitrogens with one attached hydrogen (secondary N) is 1. The summed E-state index contributed by atoms with van der Waals surface area (Å²) in [5.74, 6) is 0.0794. The Kier molecular flexibility index (Phi) is 3.99. The zero-order valence-corrected chi connectivity index (χ0v) is 12.3. The summed E-state index contributed by atoms with van der Waals surface area (Å²) in [6, 6.07) is 2.00. The Morgan fingerprint density at radius 3 is 2.39 bits per heavy atom. The maximum Gasteiger partial charge on any atom is 0.126 e. The molecule has 1 aromatic rings. The van der Waals surface area contributed by atoms with Gasteiger partial charge in [0.1, 0.15) is 5.84 Å². The van der Waals surface area contributed by atoms with E-state index in [0.29, 0.717) is 0 Å². The summed E-state index contributed by atoms with van der Waals surface area (Å²) in [6.07, 6.45) is 0. The molecule has 0 fully saturated rings. The summed E-state index contributed by atoms with van der Waals surface area (Å²) >= 11 is 0. The monoisotopic (exact) mass is 248 g/mol. The first-order valence-corrected chi connectivity index (χ1v) is 6.15. The smallest absolute Gasteiger partial charge is 0.126 e. The molecule has 0 aliphatic heterocycles. The fourth-order valence-electron chi connectivity index (χ4n) is 2.24. The Morgan fingerprint density at radius 1 is 1.39 bits per heavy atom. The minimum atomic E-state index is 0.0794. The van der Waals surface area contributed by atoms with E-state index in [2.05, 4.69) is 30.7 Å². The van der Waals surface area contributed by atoms with Gasteiger partial charge in [-0.1, -0.05) is 20.8 Å². The molecule has 0 radical (unpaired) electrons. The number of aromatic nitrogens is 1. The summed E-state index contributed by atoms with van der Waals surface area (Å²) in [5, 5.41) is 7.72. The average molecular weight is 248 g/mol. The van der Waals surface area contributed by atoms with Crippen LogP contribution < -0.4 is 10.6 Å². The van der Waals surface area contributed by atoms with Crippen LogP contribution >= 0.6 is 0 Å². The van der Waals surface area contributed by atoms with Gasteiger partial charge in [-0.25, -0.2) is 0 Å². The van der Waals surface area contributed by atoms with Gasteiger partial charge in [-0.3, -0.25) is 10.4 Å². The molecule has 3 N–H and O–H groups in total. The van der Waals surface area contributed by atoms with Crippen molar-refractivity contribution < 1.29 is 0 Å². The number of pyridine rings is 1. The lowest BCUT2D eigenvalue weighted by Gasteiger charge is -2.30. The molecule has 4 heteroatoms. The van der Waals surface area contributed by atoms with Crippen LogP contribution in [0.3, 0.4) is 0 Å². The Labute approximate surface area is 110 Å². The third-order valence-electron chi connectivity index (χ3n) is 2.70. The number of rotatable bonds is 3. The van der Waals surface area contributed by atoms with Crippen LogP contribution in [0, 0.1) is 24.7 Å². The van der Waals surface area contributed by atoms with Crippen LogP contribution in [-0.4, -0.2) is 24.4 Å². The van der Waals surface area contributed by atoms with E-state index in [0.717, 1.165) is 29.2 Å². The van der Waals surface area contributed by atoms with E-state index in [9.17, 15) is 0 Å². The van der Waals surface area contributed by atoms with E-state index in [1.54, 1.807) is 0 Å². The summed E-state index contributed by atoms with van der Waals surface area (Å²) in [5.41, 5.74) is 9.37. The lowest BCUT2D eigenvalue weighted by molar-refractivity contribution is 0.419. The minimum absolute atomic E-state index is 0.0794. The van der Waals surface area contributed by atoms with Crippen molar-refractivity contribution >= 4 is 11.5 Å². The molecular formula is C14H24N4. The molecule has 4 nitrogen and oxygen atoms in total. The molecule has 0 unspecified atom stereocenters. The van der Waals surface area contributed by atoms with Gasteiger partial charge in [0.2, 0.25) is 0 Å².